The molecule has 1 saturated heterocycles. The molecule has 0 amide bonds. The second kappa shape index (κ2) is 10.6. The average molecular weight is 458 g/mol. The topological polar surface area (TPSA) is 77.7 Å². The van der Waals surface area contributed by atoms with Crippen molar-refractivity contribution in [3.63, 3.8) is 0 Å². The molecule has 0 radical (unpaired) electrons. The van der Waals surface area contributed by atoms with Crippen molar-refractivity contribution >= 4 is 11.7 Å². The van der Waals surface area contributed by atoms with Gasteiger partial charge in [-0.05, 0) is 49.0 Å². The lowest BCUT2D eigenvalue weighted by atomic mass is 9.73. The van der Waals surface area contributed by atoms with E-state index in [1.165, 1.54) is 7.11 Å². The van der Waals surface area contributed by atoms with Gasteiger partial charge < -0.3 is 15.0 Å². The number of ether oxygens (including phenoxy) is 1. The van der Waals surface area contributed by atoms with E-state index < -0.39 is 5.41 Å². The molecule has 1 fully saturated rings. The highest BCUT2D eigenvalue weighted by molar-refractivity contribution is 5.77. The smallest absolute Gasteiger partial charge is 0.312 e. The molecule has 0 spiro atoms. The van der Waals surface area contributed by atoms with E-state index in [2.05, 4.69) is 31.4 Å². The summed E-state index contributed by atoms with van der Waals surface area (Å²) in [6, 6.07) is 15.9. The molecule has 7 nitrogen and oxygen atoms in total. The van der Waals surface area contributed by atoms with Gasteiger partial charge in [-0.25, -0.2) is 9.83 Å². The number of imidazole rings is 1. The van der Waals surface area contributed by atoms with Crippen LogP contribution in [0.15, 0.2) is 61.1 Å². The lowest BCUT2D eigenvalue weighted by Gasteiger charge is -2.40. The van der Waals surface area contributed by atoms with Gasteiger partial charge in [-0.15, -0.1) is 0 Å². The molecule has 7 heteroatoms. The highest BCUT2D eigenvalue weighted by Gasteiger charge is 2.42. The minimum Gasteiger partial charge on any atom is -0.469 e. The van der Waals surface area contributed by atoms with Crippen LogP contribution in [-0.2, 0) is 35.6 Å². The Labute approximate surface area is 201 Å². The number of carbonyl (C=O) groups excluding carboxylic acids is 1. The molecule has 0 saturated carbocycles. The maximum absolute atomic E-state index is 12.9. The van der Waals surface area contributed by atoms with E-state index in [1.807, 2.05) is 48.9 Å². The fraction of sp³-hybridized carbons (Fsp3) is 0.370. The van der Waals surface area contributed by atoms with E-state index in [0.717, 1.165) is 54.9 Å². The van der Waals surface area contributed by atoms with Gasteiger partial charge in [-0.3, -0.25) is 9.69 Å². The van der Waals surface area contributed by atoms with Gasteiger partial charge in [0.2, 0.25) is 0 Å². The number of esters is 1. The summed E-state index contributed by atoms with van der Waals surface area (Å²) in [5.41, 5.74) is 10.4. The number of hydrogen-bond donors (Lipinski definition) is 1. The van der Waals surface area contributed by atoms with Crippen LogP contribution >= 0.6 is 0 Å². The third kappa shape index (κ3) is 5.36. The number of likely N-dealkylation sites (tertiary alicyclic amines) is 1. The Bertz CT molecular complexity index is 1150. The summed E-state index contributed by atoms with van der Waals surface area (Å²) in [4.78, 5) is 23.1. The van der Waals surface area contributed by atoms with Crippen LogP contribution in [0.2, 0.25) is 0 Å². The zero-order chi connectivity index (χ0) is 24.0. The number of aromatic nitrogens is 2. The number of methoxy groups -OCH3 is 1. The lowest BCUT2D eigenvalue weighted by molar-refractivity contribution is -0.156. The van der Waals surface area contributed by atoms with Gasteiger partial charge in [-0.2, -0.15) is 0 Å². The third-order valence-corrected chi connectivity index (χ3v) is 6.80. The first-order valence-corrected chi connectivity index (χ1v) is 11.6. The van der Waals surface area contributed by atoms with Crippen LogP contribution in [0.3, 0.4) is 0 Å². The number of nitrogens with two attached hydrogens (primary N) is 1. The molecule has 4 rings (SSSR count). The van der Waals surface area contributed by atoms with E-state index in [0.29, 0.717) is 25.2 Å². The number of benzene rings is 2. The number of hydrogen-bond acceptors (Lipinski definition) is 5. The van der Waals surface area contributed by atoms with Crippen LogP contribution < -0.4 is 5.73 Å². The second-order valence-electron chi connectivity index (χ2n) is 9.04. The van der Waals surface area contributed by atoms with Gasteiger partial charge in [-0.1, -0.05) is 48.5 Å². The lowest BCUT2D eigenvalue weighted by Crippen LogP contribution is -2.46. The molecule has 3 aromatic rings. The van der Waals surface area contributed by atoms with Crippen molar-refractivity contribution in [3.05, 3.63) is 94.9 Å². The molecule has 2 aromatic carbocycles. The summed E-state index contributed by atoms with van der Waals surface area (Å²) < 4.78 is 7.40. The molecule has 0 atom stereocenters. The number of rotatable bonds is 8. The van der Waals surface area contributed by atoms with Gasteiger partial charge in [0.05, 0.1) is 31.1 Å². The molecule has 0 aliphatic carbocycles. The zero-order valence-corrected chi connectivity index (χ0v) is 19.6. The molecule has 2 N–H and O–H groups in total. The fourth-order valence-corrected chi connectivity index (χ4v) is 4.79. The Morgan fingerprint density at radius 3 is 2.53 bits per heavy atom. The summed E-state index contributed by atoms with van der Waals surface area (Å²) in [5, 5.41) is 0. The van der Waals surface area contributed by atoms with E-state index >= 15 is 0 Å². The van der Waals surface area contributed by atoms with Crippen molar-refractivity contribution in [2.75, 3.05) is 20.2 Å². The Morgan fingerprint density at radius 2 is 1.85 bits per heavy atom. The summed E-state index contributed by atoms with van der Waals surface area (Å²) in [6.45, 7) is 10.7. The van der Waals surface area contributed by atoms with Gasteiger partial charge in [0.15, 0.2) is 5.69 Å². The molecule has 2 heterocycles. The standard InChI is InChI=1S/C27H31N5O2/c1-29-24-8-6-21(7-9-24)18-32-20-30-17-25(32)19-31-12-10-27(11-13-31,26(33)34-2)15-22-4-3-5-23(14-22)16-28/h3-9,14,17,20H,10-13,15-16,18-19,28H2,2H3. The molecular formula is C27H31N5O2. The highest BCUT2D eigenvalue weighted by Crippen LogP contribution is 2.37. The Balaban J connectivity index is 1.41. The third-order valence-electron chi connectivity index (χ3n) is 6.80. The quantitative estimate of drug-likeness (QED) is 0.410. The Morgan fingerprint density at radius 1 is 1.12 bits per heavy atom. The molecular weight excluding hydrogens is 426 g/mol. The van der Waals surface area contributed by atoms with Crippen molar-refractivity contribution in [1.29, 1.82) is 0 Å². The van der Waals surface area contributed by atoms with E-state index in [9.17, 15) is 4.79 Å². The summed E-state index contributed by atoms with van der Waals surface area (Å²) in [5.74, 6) is -0.127. The summed E-state index contributed by atoms with van der Waals surface area (Å²) in [7, 11) is 1.48. The monoisotopic (exact) mass is 457 g/mol. The normalized spacial score (nSPS) is 15.6. The minimum atomic E-state index is -0.511. The van der Waals surface area contributed by atoms with Crippen LogP contribution in [0.5, 0.6) is 0 Å². The van der Waals surface area contributed by atoms with Crippen LogP contribution in [-0.4, -0.2) is 40.6 Å². The Hall–Kier alpha value is -3.47. The molecule has 0 bridgehead atoms. The Kier molecular flexibility index (Phi) is 7.41. The highest BCUT2D eigenvalue weighted by atomic mass is 16.5. The number of carbonyl (C=O) groups is 1. The molecule has 34 heavy (non-hydrogen) atoms. The fourth-order valence-electron chi connectivity index (χ4n) is 4.79. The second-order valence-corrected chi connectivity index (χ2v) is 9.04. The molecule has 0 unspecified atom stereocenters. The van der Waals surface area contributed by atoms with Gasteiger partial charge in [0.25, 0.3) is 0 Å². The summed E-state index contributed by atoms with van der Waals surface area (Å²) in [6.07, 6.45) is 5.93. The van der Waals surface area contributed by atoms with Crippen LogP contribution in [0.4, 0.5) is 5.69 Å². The number of piperidine rings is 1. The van der Waals surface area contributed by atoms with Gasteiger partial charge in [0, 0.05) is 25.8 Å². The first-order chi connectivity index (χ1) is 16.5. The first-order valence-electron chi connectivity index (χ1n) is 11.6. The van der Waals surface area contributed by atoms with Crippen molar-refractivity contribution in [2.45, 2.75) is 38.9 Å². The molecule has 1 aliphatic heterocycles. The average Bonchev–Trinajstić information content (AvgIpc) is 3.31. The largest absolute Gasteiger partial charge is 0.469 e. The van der Waals surface area contributed by atoms with Crippen LogP contribution in [0, 0.1) is 12.0 Å². The predicted octanol–water partition coefficient (Wildman–Crippen LogP) is 3.94. The maximum Gasteiger partial charge on any atom is 0.312 e. The van der Waals surface area contributed by atoms with Crippen LogP contribution in [0.25, 0.3) is 4.85 Å². The first kappa shape index (κ1) is 23.7. The van der Waals surface area contributed by atoms with Gasteiger partial charge >= 0.3 is 5.97 Å². The molecule has 1 aliphatic rings. The van der Waals surface area contributed by atoms with E-state index in [4.69, 9.17) is 17.0 Å². The van der Waals surface area contributed by atoms with Crippen molar-refractivity contribution < 1.29 is 9.53 Å². The molecule has 1 aromatic heterocycles. The van der Waals surface area contributed by atoms with E-state index in [1.54, 1.807) is 0 Å². The summed E-state index contributed by atoms with van der Waals surface area (Å²) >= 11 is 0. The van der Waals surface area contributed by atoms with Crippen LogP contribution in [0.1, 0.15) is 35.2 Å². The predicted molar refractivity (Wildman–Crippen MR) is 131 cm³/mol. The van der Waals surface area contributed by atoms with Gasteiger partial charge in [0.1, 0.15) is 0 Å². The SMILES string of the molecule is [C-]#[N+]c1ccc(Cn2cncc2CN2CCC(Cc3cccc(CN)c3)(C(=O)OC)CC2)cc1. The van der Waals surface area contributed by atoms with Crippen molar-refractivity contribution in [2.24, 2.45) is 11.1 Å². The number of nitrogens with zero attached hydrogens (tertiary/aromatic N) is 4. The van der Waals surface area contributed by atoms with E-state index in [-0.39, 0.29) is 5.97 Å². The zero-order valence-electron chi connectivity index (χ0n) is 19.6. The minimum absolute atomic E-state index is 0.127. The maximum atomic E-state index is 12.9. The van der Waals surface area contributed by atoms with Crippen molar-refractivity contribution in [1.82, 2.24) is 14.5 Å². The molecule has 176 valence electrons. The van der Waals surface area contributed by atoms with Crippen molar-refractivity contribution in [3.8, 4) is 0 Å².